The van der Waals surface area contributed by atoms with Crippen molar-refractivity contribution in [2.24, 2.45) is 5.73 Å². The zero-order chi connectivity index (χ0) is 29.7. The van der Waals surface area contributed by atoms with E-state index >= 15 is 0 Å². The Balaban J connectivity index is 0.000000484. The molecule has 0 aromatic heterocycles. The van der Waals surface area contributed by atoms with E-state index in [0.717, 1.165) is 48.5 Å². The second kappa shape index (κ2) is 16.3. The van der Waals surface area contributed by atoms with E-state index in [-0.39, 0.29) is 6.61 Å². The number of nitrogens with zero attached hydrogens (tertiary/aromatic N) is 2. The Morgan fingerprint density at radius 3 is 2.08 bits per heavy atom. The molecule has 1 heterocycles. The van der Waals surface area contributed by atoms with Crippen molar-refractivity contribution in [3.63, 3.8) is 0 Å². The van der Waals surface area contributed by atoms with Crippen LogP contribution in [-0.4, -0.2) is 49.6 Å². The molecule has 8 nitrogen and oxygen atoms in total. The van der Waals surface area contributed by atoms with Crippen LogP contribution in [0.15, 0.2) is 71.1 Å². The molecule has 0 saturated heterocycles. The third-order valence-electron chi connectivity index (χ3n) is 6.47. The van der Waals surface area contributed by atoms with Crippen LogP contribution in [0.25, 0.3) is 33.4 Å². The summed E-state index contributed by atoms with van der Waals surface area (Å²) in [6.07, 6.45) is 0.616. The molecule has 1 aliphatic carbocycles. The average molecular weight is 571 g/mol. The van der Waals surface area contributed by atoms with Crippen LogP contribution >= 0.6 is 7.82 Å². The highest BCUT2D eigenvalue weighted by Crippen LogP contribution is 2.40. The van der Waals surface area contributed by atoms with Gasteiger partial charge in [-0.3, -0.25) is 4.52 Å². The Bertz CT molecular complexity index is 1410. The van der Waals surface area contributed by atoms with Gasteiger partial charge < -0.3 is 24.8 Å². The fourth-order valence-corrected chi connectivity index (χ4v) is 4.98. The summed E-state index contributed by atoms with van der Waals surface area (Å²) in [6.45, 7) is 14.6. The maximum absolute atomic E-state index is 9.86. The van der Waals surface area contributed by atoms with Crippen molar-refractivity contribution in [3.8, 4) is 22.5 Å². The lowest BCUT2D eigenvalue weighted by atomic mass is 9.93. The third-order valence-corrected chi connectivity index (χ3v) is 6.99. The van der Waals surface area contributed by atoms with Crippen molar-refractivity contribution in [2.45, 2.75) is 41.0 Å². The Morgan fingerprint density at radius 1 is 0.900 bits per heavy atom. The van der Waals surface area contributed by atoms with Crippen LogP contribution in [0.5, 0.6) is 0 Å². The van der Waals surface area contributed by atoms with Crippen LogP contribution in [-0.2, 0) is 9.09 Å². The number of hydrogen-bond acceptors (Lipinski definition) is 5. The molecular weight excluding hydrogens is 525 g/mol. The van der Waals surface area contributed by atoms with Gasteiger partial charge in [-0.2, -0.15) is 0 Å². The summed E-state index contributed by atoms with van der Waals surface area (Å²) in [4.78, 5) is 18.4. The number of phosphoric ester groups is 1. The van der Waals surface area contributed by atoms with Gasteiger partial charge in [0.1, 0.15) is 24.4 Å². The summed E-state index contributed by atoms with van der Waals surface area (Å²) >= 11 is 0. The van der Waals surface area contributed by atoms with Crippen LogP contribution < -0.4 is 20.6 Å². The van der Waals surface area contributed by atoms with Gasteiger partial charge in [-0.1, -0.05) is 37.3 Å². The summed E-state index contributed by atoms with van der Waals surface area (Å²) < 4.78 is 22.8. The van der Waals surface area contributed by atoms with Gasteiger partial charge in [0.15, 0.2) is 0 Å². The van der Waals surface area contributed by atoms with Gasteiger partial charge in [-0.05, 0) is 64.9 Å². The van der Waals surface area contributed by atoms with E-state index in [2.05, 4.69) is 114 Å². The maximum atomic E-state index is 9.86. The molecule has 218 valence electrons. The zero-order valence-electron chi connectivity index (χ0n) is 24.6. The Labute approximate surface area is 238 Å². The summed E-state index contributed by atoms with van der Waals surface area (Å²) in [5, 5.41) is 2.36. The zero-order valence-corrected chi connectivity index (χ0v) is 25.5. The molecule has 0 amide bonds. The first-order valence-corrected chi connectivity index (χ1v) is 15.5. The van der Waals surface area contributed by atoms with Gasteiger partial charge in [0, 0.05) is 47.4 Å². The predicted octanol–water partition coefficient (Wildman–Crippen LogP) is 5.94. The van der Waals surface area contributed by atoms with Crippen molar-refractivity contribution in [1.82, 2.24) is 4.58 Å². The summed E-state index contributed by atoms with van der Waals surface area (Å²) in [5.41, 5.74) is 10.2. The molecule has 0 bridgehead atoms. The number of fused-ring (bicyclic) bond motifs is 2. The molecule has 2 aromatic carbocycles. The molecule has 0 fully saturated rings. The summed E-state index contributed by atoms with van der Waals surface area (Å²) in [6, 6.07) is 23.9. The monoisotopic (exact) mass is 570 g/mol. The predicted molar refractivity (Wildman–Crippen MR) is 167 cm³/mol. The highest BCUT2D eigenvalue weighted by molar-refractivity contribution is 7.46. The highest BCUT2D eigenvalue weighted by Gasteiger charge is 2.19. The van der Waals surface area contributed by atoms with Gasteiger partial charge >= 0.3 is 7.82 Å². The SMILES string of the molecule is CCCOP(=O)(O)O.CCN(CC)c1ccc2c(-c3ccccc3)c3ccc(=[N+](CC)CC)cc-3oc2c1.CN. The third kappa shape index (κ3) is 8.75. The van der Waals surface area contributed by atoms with Crippen molar-refractivity contribution in [3.05, 3.63) is 72.1 Å². The van der Waals surface area contributed by atoms with Crippen LogP contribution in [0.1, 0.15) is 41.0 Å². The number of rotatable bonds is 9. The van der Waals surface area contributed by atoms with E-state index < -0.39 is 7.82 Å². The van der Waals surface area contributed by atoms with Gasteiger partial charge in [0.05, 0.1) is 12.7 Å². The lowest BCUT2D eigenvalue weighted by molar-refractivity contribution is 0.197. The molecule has 9 heteroatoms. The molecule has 0 saturated carbocycles. The van der Waals surface area contributed by atoms with Gasteiger partial charge in [-0.15, -0.1) is 0 Å². The van der Waals surface area contributed by atoms with Crippen LogP contribution in [0.4, 0.5) is 5.69 Å². The standard InChI is InChI=1S/C27H31N2O.C3H9O4P.CH5N/c1-5-28(6-2)21-14-16-23-25(18-21)30-26-19-22(29(7-3)8-4)15-17-24(26)27(23)20-12-10-9-11-13-20;1-2-3-7-8(4,5)6;1-2/h9-19H,5-8H2,1-4H3;2-3H2,1H3,(H2,4,5,6);2H2,1H3/q+1;;. The summed E-state index contributed by atoms with van der Waals surface area (Å²) in [5.74, 6) is 0.933. The Kier molecular flexibility index (Phi) is 13.5. The molecule has 2 aromatic rings. The van der Waals surface area contributed by atoms with Crippen molar-refractivity contribution >= 4 is 24.5 Å². The summed E-state index contributed by atoms with van der Waals surface area (Å²) in [7, 11) is -2.68. The number of phosphoric acid groups is 1. The molecule has 0 radical (unpaired) electrons. The van der Waals surface area contributed by atoms with E-state index in [1.54, 1.807) is 6.92 Å². The Morgan fingerprint density at radius 2 is 1.55 bits per heavy atom. The minimum Gasteiger partial charge on any atom is -0.456 e. The molecule has 40 heavy (non-hydrogen) atoms. The number of hydrogen-bond donors (Lipinski definition) is 3. The van der Waals surface area contributed by atoms with Crippen LogP contribution in [0.3, 0.4) is 0 Å². The lowest BCUT2D eigenvalue weighted by Gasteiger charge is -2.22. The fourth-order valence-electron chi connectivity index (χ4n) is 4.56. The minimum atomic E-state index is -4.18. The Hall–Kier alpha value is -3.00. The first-order valence-electron chi connectivity index (χ1n) is 13.9. The van der Waals surface area contributed by atoms with Crippen LogP contribution in [0.2, 0.25) is 0 Å². The first kappa shape index (κ1) is 33.2. The number of benzene rings is 3. The number of anilines is 1. The van der Waals surface area contributed by atoms with Crippen molar-refractivity contribution in [1.29, 1.82) is 0 Å². The number of nitrogens with two attached hydrogens (primary N) is 1. The maximum Gasteiger partial charge on any atom is 0.469 e. The van der Waals surface area contributed by atoms with E-state index in [1.165, 1.54) is 29.2 Å². The molecule has 4 rings (SSSR count). The highest BCUT2D eigenvalue weighted by atomic mass is 31.2. The quantitative estimate of drug-likeness (QED) is 0.130. The molecular formula is C31H45N3O5P+. The average Bonchev–Trinajstić information content (AvgIpc) is 2.97. The van der Waals surface area contributed by atoms with E-state index in [0.29, 0.717) is 6.42 Å². The molecule has 0 spiro atoms. The lowest BCUT2D eigenvalue weighted by Crippen LogP contribution is -2.29. The van der Waals surface area contributed by atoms with E-state index in [1.807, 2.05) is 0 Å². The van der Waals surface area contributed by atoms with Crippen molar-refractivity contribution < 1.29 is 23.3 Å². The smallest absolute Gasteiger partial charge is 0.456 e. The second-order valence-corrected chi connectivity index (χ2v) is 10.1. The second-order valence-electron chi connectivity index (χ2n) is 8.87. The topological polar surface area (TPSA) is 112 Å². The first-order chi connectivity index (χ1) is 19.3. The van der Waals surface area contributed by atoms with Crippen LogP contribution in [0, 0.1) is 0 Å². The van der Waals surface area contributed by atoms with Gasteiger partial charge in [-0.25, -0.2) is 9.14 Å². The van der Waals surface area contributed by atoms with Crippen molar-refractivity contribution in [2.75, 3.05) is 44.7 Å². The molecule has 0 atom stereocenters. The van der Waals surface area contributed by atoms with E-state index in [4.69, 9.17) is 14.2 Å². The normalized spacial score (nSPS) is 10.9. The van der Waals surface area contributed by atoms with Gasteiger partial charge in [0.25, 0.3) is 0 Å². The largest absolute Gasteiger partial charge is 0.469 e. The fraction of sp³-hybridized carbons (Fsp3) is 0.387. The molecule has 4 N–H and O–H groups in total. The molecule has 1 aliphatic heterocycles. The minimum absolute atomic E-state index is 0.115. The van der Waals surface area contributed by atoms with E-state index in [9.17, 15) is 4.57 Å². The molecule has 0 unspecified atom stereocenters. The molecule has 2 aliphatic rings. The van der Waals surface area contributed by atoms with Gasteiger partial charge in [0.2, 0.25) is 5.36 Å².